The van der Waals surface area contributed by atoms with E-state index < -0.39 is 0 Å². The summed E-state index contributed by atoms with van der Waals surface area (Å²) in [7, 11) is 1.63. The van der Waals surface area contributed by atoms with Gasteiger partial charge in [-0.2, -0.15) is 0 Å². The molecule has 9 heteroatoms. The van der Waals surface area contributed by atoms with Crippen LogP contribution in [-0.4, -0.2) is 33.5 Å². The topological polar surface area (TPSA) is 69.0 Å². The molecule has 0 aliphatic carbocycles. The van der Waals surface area contributed by atoms with Gasteiger partial charge in [0.25, 0.3) is 0 Å². The monoisotopic (exact) mass is 542 g/mol. The maximum absolute atomic E-state index is 12.6. The number of benzene rings is 3. The van der Waals surface area contributed by atoms with E-state index in [1.165, 1.54) is 11.8 Å². The molecular weight excluding hydrogens is 524 g/mol. The van der Waals surface area contributed by atoms with Crippen molar-refractivity contribution in [2.75, 3.05) is 18.2 Å². The lowest BCUT2D eigenvalue weighted by Crippen LogP contribution is -2.15. The Morgan fingerprint density at radius 1 is 1.09 bits per heavy atom. The molecule has 0 aliphatic rings. The molecule has 0 fully saturated rings. The van der Waals surface area contributed by atoms with Crippen LogP contribution in [0.5, 0.6) is 5.75 Å². The van der Waals surface area contributed by atoms with Gasteiger partial charge in [0.2, 0.25) is 5.91 Å². The highest BCUT2D eigenvalue weighted by Gasteiger charge is 2.18. The molecule has 0 unspecified atom stereocenters. The van der Waals surface area contributed by atoms with Crippen LogP contribution in [-0.2, 0) is 4.79 Å². The Morgan fingerprint density at radius 2 is 1.82 bits per heavy atom. The molecule has 1 heterocycles. The fraction of sp³-hybridized carbons (Fsp3) is 0.125. The zero-order valence-corrected chi connectivity index (χ0v) is 21.0. The standard InChI is InChI=1S/C24H20BrClN4O2S/c1-15-3-12-21(20(25)13-15)27-22(31)14-33-24-29-28-23(16-4-10-19(32-2)11-5-16)30(24)18-8-6-17(26)7-9-18/h3-13H,14H2,1-2H3,(H,27,31). The second-order valence-corrected chi connectivity index (χ2v) is 9.40. The molecule has 6 nitrogen and oxygen atoms in total. The summed E-state index contributed by atoms with van der Waals surface area (Å²) in [5, 5.41) is 12.9. The number of hydrogen-bond acceptors (Lipinski definition) is 5. The Balaban J connectivity index is 1.60. The molecular formula is C24H20BrClN4O2S. The largest absolute Gasteiger partial charge is 0.497 e. The maximum atomic E-state index is 12.6. The molecule has 0 aliphatic heterocycles. The van der Waals surface area contributed by atoms with Gasteiger partial charge in [-0.1, -0.05) is 29.4 Å². The number of anilines is 1. The number of thioether (sulfide) groups is 1. The van der Waals surface area contributed by atoms with Gasteiger partial charge in [-0.3, -0.25) is 9.36 Å². The second-order valence-electron chi connectivity index (χ2n) is 7.17. The molecule has 0 bridgehead atoms. The van der Waals surface area contributed by atoms with Crippen molar-refractivity contribution in [2.24, 2.45) is 0 Å². The molecule has 0 radical (unpaired) electrons. The van der Waals surface area contributed by atoms with E-state index in [1.54, 1.807) is 7.11 Å². The summed E-state index contributed by atoms with van der Waals surface area (Å²) in [5.74, 6) is 1.45. The van der Waals surface area contributed by atoms with Crippen molar-refractivity contribution < 1.29 is 9.53 Å². The van der Waals surface area contributed by atoms with Crippen LogP contribution < -0.4 is 10.1 Å². The lowest BCUT2D eigenvalue weighted by atomic mass is 10.2. The first kappa shape index (κ1) is 23.4. The van der Waals surface area contributed by atoms with Crippen molar-refractivity contribution in [2.45, 2.75) is 12.1 Å². The van der Waals surface area contributed by atoms with Crippen LogP contribution in [0.3, 0.4) is 0 Å². The van der Waals surface area contributed by atoms with Crippen LogP contribution in [0.15, 0.2) is 76.4 Å². The van der Waals surface area contributed by atoms with Crippen molar-refractivity contribution in [3.63, 3.8) is 0 Å². The number of methoxy groups -OCH3 is 1. The Bertz CT molecular complexity index is 1280. The van der Waals surface area contributed by atoms with Crippen LogP contribution in [0.4, 0.5) is 5.69 Å². The first-order valence-electron chi connectivity index (χ1n) is 9.99. The molecule has 1 amide bonds. The molecule has 0 spiro atoms. The van der Waals surface area contributed by atoms with Crippen molar-refractivity contribution in [3.8, 4) is 22.8 Å². The highest BCUT2D eigenvalue weighted by atomic mass is 79.9. The van der Waals surface area contributed by atoms with Gasteiger partial charge in [-0.05, 0) is 89.1 Å². The summed E-state index contributed by atoms with van der Waals surface area (Å²) < 4.78 is 8.01. The SMILES string of the molecule is COc1ccc(-c2nnc(SCC(=O)Nc3ccc(C)cc3Br)n2-c2ccc(Cl)cc2)cc1. The minimum Gasteiger partial charge on any atom is -0.497 e. The van der Waals surface area contributed by atoms with E-state index in [0.29, 0.717) is 16.0 Å². The average molecular weight is 544 g/mol. The Kier molecular flexibility index (Phi) is 7.37. The van der Waals surface area contributed by atoms with Crippen molar-refractivity contribution in [3.05, 3.63) is 81.8 Å². The third-order valence-electron chi connectivity index (χ3n) is 4.80. The van der Waals surface area contributed by atoms with E-state index in [-0.39, 0.29) is 11.7 Å². The minimum atomic E-state index is -0.138. The third-order valence-corrected chi connectivity index (χ3v) is 6.63. The lowest BCUT2D eigenvalue weighted by molar-refractivity contribution is -0.113. The summed E-state index contributed by atoms with van der Waals surface area (Å²) in [4.78, 5) is 12.6. The van der Waals surface area contributed by atoms with Crippen LogP contribution in [0.1, 0.15) is 5.56 Å². The maximum Gasteiger partial charge on any atom is 0.234 e. The highest BCUT2D eigenvalue weighted by molar-refractivity contribution is 9.10. The predicted octanol–water partition coefficient (Wildman–Crippen LogP) is 6.40. The van der Waals surface area contributed by atoms with Crippen molar-refractivity contribution in [1.82, 2.24) is 14.8 Å². The number of carbonyl (C=O) groups excluding carboxylic acids is 1. The molecule has 168 valence electrons. The predicted molar refractivity (Wildman–Crippen MR) is 137 cm³/mol. The number of rotatable bonds is 7. The summed E-state index contributed by atoms with van der Waals surface area (Å²) >= 11 is 10.9. The van der Waals surface area contributed by atoms with E-state index >= 15 is 0 Å². The number of nitrogens with zero attached hydrogens (tertiary/aromatic N) is 3. The first-order valence-corrected chi connectivity index (χ1v) is 12.1. The number of nitrogens with one attached hydrogen (secondary N) is 1. The molecule has 1 N–H and O–H groups in total. The van der Waals surface area contributed by atoms with Gasteiger partial charge in [0.1, 0.15) is 5.75 Å². The van der Waals surface area contributed by atoms with Gasteiger partial charge in [0.05, 0.1) is 18.6 Å². The minimum absolute atomic E-state index is 0.138. The highest BCUT2D eigenvalue weighted by Crippen LogP contribution is 2.30. The Labute approximate surface area is 209 Å². The van der Waals surface area contributed by atoms with Gasteiger partial charge < -0.3 is 10.1 Å². The number of amides is 1. The fourth-order valence-corrected chi connectivity index (χ4v) is 4.62. The molecule has 0 saturated carbocycles. The van der Waals surface area contributed by atoms with Crippen molar-refractivity contribution in [1.29, 1.82) is 0 Å². The number of aryl methyl sites for hydroxylation is 1. The van der Waals surface area contributed by atoms with Gasteiger partial charge in [0, 0.05) is 20.7 Å². The molecule has 1 aromatic heterocycles. The summed E-state index contributed by atoms with van der Waals surface area (Å²) in [6.07, 6.45) is 0. The normalized spacial score (nSPS) is 10.8. The van der Waals surface area contributed by atoms with E-state index in [2.05, 4.69) is 31.4 Å². The second kappa shape index (κ2) is 10.4. The van der Waals surface area contributed by atoms with E-state index in [1.807, 2.05) is 78.2 Å². The summed E-state index contributed by atoms with van der Waals surface area (Å²) in [5.41, 5.74) is 3.55. The number of halogens is 2. The van der Waals surface area contributed by atoms with E-state index in [4.69, 9.17) is 16.3 Å². The summed E-state index contributed by atoms with van der Waals surface area (Å²) in [6, 6.07) is 20.8. The molecule has 4 rings (SSSR count). The third kappa shape index (κ3) is 5.58. The molecule has 3 aromatic carbocycles. The van der Waals surface area contributed by atoms with Gasteiger partial charge >= 0.3 is 0 Å². The Morgan fingerprint density at radius 3 is 2.48 bits per heavy atom. The number of aromatic nitrogens is 3. The zero-order chi connectivity index (χ0) is 23.4. The molecule has 0 saturated heterocycles. The fourth-order valence-electron chi connectivity index (χ4n) is 3.15. The zero-order valence-electron chi connectivity index (χ0n) is 17.9. The number of hydrogen-bond donors (Lipinski definition) is 1. The quantitative estimate of drug-likeness (QED) is 0.273. The Hall–Kier alpha value is -2.81. The average Bonchev–Trinajstić information content (AvgIpc) is 3.24. The van der Waals surface area contributed by atoms with Gasteiger partial charge in [-0.15, -0.1) is 10.2 Å². The first-order chi connectivity index (χ1) is 15.9. The van der Waals surface area contributed by atoms with E-state index in [9.17, 15) is 4.79 Å². The summed E-state index contributed by atoms with van der Waals surface area (Å²) in [6.45, 7) is 2.00. The van der Waals surface area contributed by atoms with E-state index in [0.717, 1.165) is 32.7 Å². The molecule has 0 atom stereocenters. The lowest BCUT2D eigenvalue weighted by Gasteiger charge is -2.11. The molecule has 4 aromatic rings. The smallest absolute Gasteiger partial charge is 0.234 e. The number of ether oxygens (including phenoxy) is 1. The molecule has 33 heavy (non-hydrogen) atoms. The van der Waals surface area contributed by atoms with Crippen LogP contribution in [0.25, 0.3) is 17.1 Å². The van der Waals surface area contributed by atoms with Crippen LogP contribution in [0.2, 0.25) is 5.02 Å². The van der Waals surface area contributed by atoms with Crippen LogP contribution in [0, 0.1) is 6.92 Å². The van der Waals surface area contributed by atoms with Gasteiger partial charge in [-0.25, -0.2) is 0 Å². The van der Waals surface area contributed by atoms with Gasteiger partial charge in [0.15, 0.2) is 11.0 Å². The number of carbonyl (C=O) groups is 1. The van der Waals surface area contributed by atoms with Crippen molar-refractivity contribution >= 4 is 50.9 Å². The van der Waals surface area contributed by atoms with Crippen LogP contribution >= 0.6 is 39.3 Å².